The number of carbonyl (C=O) groups is 1. The number of rotatable bonds is 6. The molecule has 0 aliphatic heterocycles. The highest BCUT2D eigenvalue weighted by Gasteiger charge is 2.38. The van der Waals surface area contributed by atoms with Crippen molar-refractivity contribution in [3.63, 3.8) is 0 Å². The molecule has 0 amide bonds. The Labute approximate surface area is 81.3 Å². The van der Waals surface area contributed by atoms with Crippen LogP contribution in [0.25, 0.3) is 0 Å². The van der Waals surface area contributed by atoms with Crippen LogP contribution < -0.4 is 0 Å². The number of hydrogen-bond acceptors (Lipinski definition) is 1. The van der Waals surface area contributed by atoms with Crippen molar-refractivity contribution in [2.24, 2.45) is 11.3 Å². The van der Waals surface area contributed by atoms with Gasteiger partial charge in [0.1, 0.15) is 0 Å². The van der Waals surface area contributed by atoms with Crippen molar-refractivity contribution in [1.82, 2.24) is 0 Å². The number of hydrogen-bond donors (Lipinski definition) is 1. The lowest BCUT2D eigenvalue weighted by Gasteiger charge is -2.32. The van der Waals surface area contributed by atoms with Gasteiger partial charge in [-0.2, -0.15) is 0 Å². The first-order chi connectivity index (χ1) is 6.02. The summed E-state index contributed by atoms with van der Waals surface area (Å²) in [5.41, 5.74) is -0.516. The van der Waals surface area contributed by atoms with Gasteiger partial charge in [0.15, 0.2) is 0 Å². The molecule has 0 heterocycles. The molecular weight excluding hydrogens is 164 g/mol. The molecule has 0 radical (unpaired) electrons. The van der Waals surface area contributed by atoms with E-state index >= 15 is 0 Å². The molecule has 0 aliphatic carbocycles. The Balaban J connectivity index is 4.64. The SMILES string of the molecule is CCCC(C)(C(=O)O)C(CC)CC. The van der Waals surface area contributed by atoms with Crippen LogP contribution in [-0.2, 0) is 4.79 Å². The van der Waals surface area contributed by atoms with Gasteiger partial charge in [-0.3, -0.25) is 4.79 Å². The van der Waals surface area contributed by atoms with Gasteiger partial charge in [0, 0.05) is 0 Å². The summed E-state index contributed by atoms with van der Waals surface area (Å²) in [4.78, 5) is 11.2. The first kappa shape index (κ1) is 12.5. The number of carboxylic acid groups (broad SMARTS) is 1. The lowest BCUT2D eigenvalue weighted by Crippen LogP contribution is -2.35. The molecule has 0 bridgehead atoms. The molecule has 1 atom stereocenters. The average Bonchev–Trinajstić information content (AvgIpc) is 2.06. The molecular formula is C11H22O2. The maximum absolute atomic E-state index is 11.2. The molecule has 0 saturated carbocycles. The maximum Gasteiger partial charge on any atom is 0.309 e. The third kappa shape index (κ3) is 2.71. The second kappa shape index (κ2) is 5.25. The summed E-state index contributed by atoms with van der Waals surface area (Å²) in [7, 11) is 0. The van der Waals surface area contributed by atoms with Gasteiger partial charge in [0.05, 0.1) is 5.41 Å². The minimum absolute atomic E-state index is 0.310. The van der Waals surface area contributed by atoms with Gasteiger partial charge >= 0.3 is 5.97 Å². The molecule has 78 valence electrons. The monoisotopic (exact) mass is 186 g/mol. The fourth-order valence-corrected chi connectivity index (χ4v) is 2.19. The van der Waals surface area contributed by atoms with Crippen LogP contribution in [0.2, 0.25) is 0 Å². The molecule has 2 nitrogen and oxygen atoms in total. The zero-order valence-corrected chi connectivity index (χ0v) is 9.26. The second-order valence-electron chi connectivity index (χ2n) is 3.99. The molecule has 1 N–H and O–H groups in total. The van der Waals surface area contributed by atoms with Gasteiger partial charge in [-0.15, -0.1) is 0 Å². The van der Waals surface area contributed by atoms with Crippen LogP contribution in [0.4, 0.5) is 0 Å². The summed E-state index contributed by atoms with van der Waals surface area (Å²) < 4.78 is 0. The van der Waals surface area contributed by atoms with Crippen molar-refractivity contribution in [3.05, 3.63) is 0 Å². The fraction of sp³-hybridized carbons (Fsp3) is 0.909. The standard InChI is InChI=1S/C11H22O2/c1-5-8-11(4,10(12)13)9(6-2)7-3/h9H,5-8H2,1-4H3,(H,12,13). The van der Waals surface area contributed by atoms with E-state index in [2.05, 4.69) is 13.8 Å². The molecule has 0 saturated heterocycles. The van der Waals surface area contributed by atoms with E-state index in [1.54, 1.807) is 0 Å². The number of carboxylic acids is 1. The smallest absolute Gasteiger partial charge is 0.309 e. The van der Waals surface area contributed by atoms with Crippen LogP contribution in [0.5, 0.6) is 0 Å². The molecule has 0 rings (SSSR count). The Hall–Kier alpha value is -0.530. The minimum atomic E-state index is -0.636. The molecule has 13 heavy (non-hydrogen) atoms. The summed E-state index contributed by atoms with van der Waals surface area (Å²) in [6.07, 6.45) is 3.65. The Morgan fingerprint density at radius 1 is 1.31 bits per heavy atom. The van der Waals surface area contributed by atoms with Crippen LogP contribution in [0.1, 0.15) is 53.4 Å². The molecule has 2 heteroatoms. The Morgan fingerprint density at radius 3 is 2.00 bits per heavy atom. The van der Waals surface area contributed by atoms with Crippen molar-refractivity contribution in [3.8, 4) is 0 Å². The van der Waals surface area contributed by atoms with E-state index in [0.717, 1.165) is 25.7 Å². The lowest BCUT2D eigenvalue weighted by molar-refractivity contribution is -0.152. The van der Waals surface area contributed by atoms with Gasteiger partial charge < -0.3 is 5.11 Å². The zero-order chi connectivity index (χ0) is 10.5. The lowest BCUT2D eigenvalue weighted by atomic mass is 9.71. The third-order valence-corrected chi connectivity index (χ3v) is 3.14. The molecule has 0 aromatic heterocycles. The van der Waals surface area contributed by atoms with Gasteiger partial charge in [0.25, 0.3) is 0 Å². The molecule has 0 aromatic carbocycles. The van der Waals surface area contributed by atoms with E-state index < -0.39 is 11.4 Å². The van der Waals surface area contributed by atoms with E-state index in [1.165, 1.54) is 0 Å². The fourth-order valence-electron chi connectivity index (χ4n) is 2.19. The van der Waals surface area contributed by atoms with Crippen molar-refractivity contribution >= 4 is 5.97 Å². The van der Waals surface area contributed by atoms with Gasteiger partial charge in [-0.25, -0.2) is 0 Å². The summed E-state index contributed by atoms with van der Waals surface area (Å²) in [6, 6.07) is 0. The summed E-state index contributed by atoms with van der Waals surface area (Å²) in [5.74, 6) is -0.326. The third-order valence-electron chi connectivity index (χ3n) is 3.14. The van der Waals surface area contributed by atoms with Crippen LogP contribution in [0.15, 0.2) is 0 Å². The van der Waals surface area contributed by atoms with Crippen LogP contribution in [0, 0.1) is 11.3 Å². The second-order valence-corrected chi connectivity index (χ2v) is 3.99. The average molecular weight is 186 g/mol. The molecule has 0 spiro atoms. The molecule has 0 aromatic rings. The van der Waals surface area contributed by atoms with Gasteiger partial charge in [-0.05, 0) is 19.3 Å². The van der Waals surface area contributed by atoms with Gasteiger partial charge in [-0.1, -0.05) is 40.0 Å². The van der Waals surface area contributed by atoms with E-state index in [-0.39, 0.29) is 0 Å². The summed E-state index contributed by atoms with van der Waals surface area (Å²) in [5, 5.41) is 9.20. The Kier molecular flexibility index (Phi) is 5.04. The van der Waals surface area contributed by atoms with Crippen LogP contribution in [-0.4, -0.2) is 11.1 Å². The number of aliphatic carboxylic acids is 1. The van der Waals surface area contributed by atoms with E-state index in [9.17, 15) is 9.90 Å². The molecule has 0 fully saturated rings. The van der Waals surface area contributed by atoms with Crippen molar-refractivity contribution in [2.75, 3.05) is 0 Å². The zero-order valence-electron chi connectivity index (χ0n) is 9.26. The van der Waals surface area contributed by atoms with Crippen LogP contribution in [0.3, 0.4) is 0 Å². The molecule has 1 unspecified atom stereocenters. The minimum Gasteiger partial charge on any atom is -0.481 e. The Bertz CT molecular complexity index is 161. The van der Waals surface area contributed by atoms with Gasteiger partial charge in [0.2, 0.25) is 0 Å². The highest BCUT2D eigenvalue weighted by Crippen LogP contribution is 2.37. The molecule has 0 aliphatic rings. The van der Waals surface area contributed by atoms with Crippen LogP contribution >= 0.6 is 0 Å². The first-order valence-corrected chi connectivity index (χ1v) is 5.26. The summed E-state index contributed by atoms with van der Waals surface area (Å²) >= 11 is 0. The van der Waals surface area contributed by atoms with Crippen molar-refractivity contribution in [1.29, 1.82) is 0 Å². The normalized spacial score (nSPS) is 15.8. The van der Waals surface area contributed by atoms with E-state index in [4.69, 9.17) is 0 Å². The van der Waals surface area contributed by atoms with Crippen molar-refractivity contribution in [2.45, 2.75) is 53.4 Å². The highest BCUT2D eigenvalue weighted by atomic mass is 16.4. The summed E-state index contributed by atoms with van der Waals surface area (Å²) in [6.45, 7) is 8.08. The first-order valence-electron chi connectivity index (χ1n) is 5.26. The Morgan fingerprint density at radius 2 is 1.77 bits per heavy atom. The largest absolute Gasteiger partial charge is 0.481 e. The highest BCUT2D eigenvalue weighted by molar-refractivity contribution is 5.74. The quantitative estimate of drug-likeness (QED) is 0.691. The predicted octanol–water partition coefficient (Wildman–Crippen LogP) is 3.31. The topological polar surface area (TPSA) is 37.3 Å². The maximum atomic E-state index is 11.2. The van der Waals surface area contributed by atoms with E-state index in [1.807, 2.05) is 13.8 Å². The van der Waals surface area contributed by atoms with Crippen molar-refractivity contribution < 1.29 is 9.90 Å². The predicted molar refractivity (Wildman–Crippen MR) is 54.7 cm³/mol. The van der Waals surface area contributed by atoms with E-state index in [0.29, 0.717) is 5.92 Å².